The molecule has 0 saturated carbocycles. The van der Waals surface area contributed by atoms with Crippen LogP contribution in [-0.4, -0.2) is 30.4 Å². The number of hydrogen-bond donors (Lipinski definition) is 2. The summed E-state index contributed by atoms with van der Waals surface area (Å²) in [5.41, 5.74) is 0.430. The Balaban J connectivity index is 2.41. The molecule has 5 heteroatoms. The lowest BCUT2D eigenvalue weighted by molar-refractivity contribution is 0.258. The SMILES string of the molecule is CCCCCCCCOc1ccc(B(O)O)cc1OCCCCCCCC. The van der Waals surface area contributed by atoms with Crippen molar-refractivity contribution in [3.05, 3.63) is 18.2 Å². The van der Waals surface area contributed by atoms with E-state index in [1.54, 1.807) is 18.2 Å². The van der Waals surface area contributed by atoms with Gasteiger partial charge in [0.25, 0.3) is 0 Å². The molecule has 0 amide bonds. The summed E-state index contributed by atoms with van der Waals surface area (Å²) in [7, 11) is -1.49. The molecule has 0 spiro atoms. The number of benzene rings is 1. The molecule has 2 N–H and O–H groups in total. The normalized spacial score (nSPS) is 10.8. The number of unbranched alkanes of at least 4 members (excludes halogenated alkanes) is 10. The summed E-state index contributed by atoms with van der Waals surface area (Å²) in [6, 6.07) is 5.14. The number of rotatable bonds is 17. The first kappa shape index (κ1) is 23.8. The van der Waals surface area contributed by atoms with Crippen LogP contribution < -0.4 is 14.9 Å². The van der Waals surface area contributed by atoms with Gasteiger partial charge in [0.1, 0.15) is 0 Å². The van der Waals surface area contributed by atoms with Gasteiger partial charge in [-0.05, 0) is 30.4 Å². The summed E-state index contributed by atoms with van der Waals surface area (Å²) in [6.07, 6.45) is 14.6. The largest absolute Gasteiger partial charge is 0.490 e. The minimum atomic E-state index is -1.49. The van der Waals surface area contributed by atoms with Gasteiger partial charge in [-0.2, -0.15) is 0 Å². The summed E-state index contributed by atoms with van der Waals surface area (Å²) in [5.74, 6) is 1.30. The second kappa shape index (κ2) is 15.8. The van der Waals surface area contributed by atoms with Crippen molar-refractivity contribution in [3.63, 3.8) is 0 Å². The van der Waals surface area contributed by atoms with Crippen LogP contribution in [0.25, 0.3) is 0 Å². The molecule has 0 atom stereocenters. The second-order valence-electron chi connectivity index (χ2n) is 7.31. The predicted molar refractivity (Wildman–Crippen MR) is 114 cm³/mol. The van der Waals surface area contributed by atoms with Crippen LogP contribution in [-0.2, 0) is 0 Å². The van der Waals surface area contributed by atoms with E-state index in [1.807, 2.05) is 0 Å². The smallest absolute Gasteiger partial charge is 0.488 e. The van der Waals surface area contributed by atoms with Gasteiger partial charge >= 0.3 is 7.12 Å². The van der Waals surface area contributed by atoms with Crippen molar-refractivity contribution >= 4 is 12.6 Å². The third kappa shape index (κ3) is 11.3. The first-order chi connectivity index (χ1) is 13.2. The van der Waals surface area contributed by atoms with Crippen molar-refractivity contribution in [2.75, 3.05) is 13.2 Å². The van der Waals surface area contributed by atoms with Gasteiger partial charge in [0.2, 0.25) is 0 Å². The molecule has 0 radical (unpaired) electrons. The Labute approximate surface area is 166 Å². The summed E-state index contributed by atoms with van der Waals surface area (Å²) >= 11 is 0. The van der Waals surface area contributed by atoms with Gasteiger partial charge in [-0.1, -0.05) is 84.1 Å². The second-order valence-corrected chi connectivity index (χ2v) is 7.31. The maximum Gasteiger partial charge on any atom is 0.488 e. The van der Waals surface area contributed by atoms with Crippen molar-refractivity contribution in [1.82, 2.24) is 0 Å². The fourth-order valence-corrected chi connectivity index (χ4v) is 3.05. The molecule has 1 rings (SSSR count). The molecule has 0 unspecified atom stereocenters. The molecule has 0 aliphatic carbocycles. The highest BCUT2D eigenvalue weighted by Crippen LogP contribution is 2.26. The Morgan fingerprint density at radius 3 is 1.67 bits per heavy atom. The van der Waals surface area contributed by atoms with Crippen LogP contribution in [0.2, 0.25) is 0 Å². The Bertz CT molecular complexity index is 479. The van der Waals surface area contributed by atoms with Crippen LogP contribution in [0.3, 0.4) is 0 Å². The molecule has 27 heavy (non-hydrogen) atoms. The number of ether oxygens (including phenoxy) is 2. The van der Waals surface area contributed by atoms with E-state index in [2.05, 4.69) is 13.8 Å². The van der Waals surface area contributed by atoms with Crippen molar-refractivity contribution in [2.45, 2.75) is 90.9 Å². The van der Waals surface area contributed by atoms with Gasteiger partial charge in [0.15, 0.2) is 11.5 Å². The van der Waals surface area contributed by atoms with Crippen LogP contribution in [0.15, 0.2) is 18.2 Å². The average Bonchev–Trinajstić information content (AvgIpc) is 2.67. The zero-order chi connectivity index (χ0) is 19.7. The highest BCUT2D eigenvalue weighted by molar-refractivity contribution is 6.58. The summed E-state index contributed by atoms with van der Waals surface area (Å²) < 4.78 is 11.8. The van der Waals surface area contributed by atoms with Gasteiger partial charge in [-0.25, -0.2) is 0 Å². The van der Waals surface area contributed by atoms with Gasteiger partial charge < -0.3 is 19.5 Å². The van der Waals surface area contributed by atoms with E-state index in [4.69, 9.17) is 9.47 Å². The summed E-state index contributed by atoms with van der Waals surface area (Å²) in [5, 5.41) is 18.8. The maximum absolute atomic E-state index is 9.41. The Kier molecular flexibility index (Phi) is 14.0. The summed E-state index contributed by atoms with van der Waals surface area (Å²) in [6.45, 7) is 5.74. The Morgan fingerprint density at radius 1 is 0.667 bits per heavy atom. The van der Waals surface area contributed by atoms with Gasteiger partial charge in [-0.3, -0.25) is 0 Å². The van der Waals surface area contributed by atoms with Crippen molar-refractivity contribution in [3.8, 4) is 11.5 Å². The standard InChI is InChI=1S/C22H39BO4/c1-3-5-7-9-11-13-17-26-21-16-15-20(23(24)25)19-22(21)27-18-14-12-10-8-6-4-2/h15-16,19,24-25H,3-14,17-18H2,1-2H3. The van der Waals surface area contributed by atoms with E-state index in [0.29, 0.717) is 30.2 Å². The van der Waals surface area contributed by atoms with Gasteiger partial charge in [0, 0.05) is 0 Å². The zero-order valence-corrected chi connectivity index (χ0v) is 17.4. The van der Waals surface area contributed by atoms with Crippen LogP contribution in [0.5, 0.6) is 11.5 Å². The van der Waals surface area contributed by atoms with E-state index in [0.717, 1.165) is 19.3 Å². The van der Waals surface area contributed by atoms with Gasteiger partial charge in [-0.15, -0.1) is 0 Å². The Hall–Kier alpha value is -1.20. The fraction of sp³-hybridized carbons (Fsp3) is 0.727. The molecule has 0 aromatic heterocycles. The van der Waals surface area contributed by atoms with Crippen LogP contribution >= 0.6 is 0 Å². The zero-order valence-electron chi connectivity index (χ0n) is 17.4. The Morgan fingerprint density at radius 2 is 1.15 bits per heavy atom. The first-order valence-electron chi connectivity index (χ1n) is 10.9. The molecule has 4 nitrogen and oxygen atoms in total. The van der Waals surface area contributed by atoms with Crippen molar-refractivity contribution < 1.29 is 19.5 Å². The van der Waals surface area contributed by atoms with Crippen LogP contribution in [0.1, 0.15) is 90.9 Å². The van der Waals surface area contributed by atoms with Crippen LogP contribution in [0, 0.1) is 0 Å². The monoisotopic (exact) mass is 378 g/mol. The van der Waals surface area contributed by atoms with Gasteiger partial charge in [0.05, 0.1) is 13.2 Å². The first-order valence-corrected chi connectivity index (χ1v) is 10.9. The molecule has 0 heterocycles. The third-order valence-electron chi connectivity index (χ3n) is 4.78. The summed E-state index contributed by atoms with van der Waals surface area (Å²) in [4.78, 5) is 0. The molecule has 1 aromatic rings. The van der Waals surface area contributed by atoms with E-state index in [-0.39, 0.29) is 0 Å². The molecule has 0 saturated heterocycles. The molecular formula is C22H39BO4. The van der Waals surface area contributed by atoms with E-state index >= 15 is 0 Å². The molecule has 154 valence electrons. The molecule has 0 aliphatic heterocycles. The van der Waals surface area contributed by atoms with Crippen LogP contribution in [0.4, 0.5) is 0 Å². The quantitative estimate of drug-likeness (QED) is 0.301. The average molecular weight is 378 g/mol. The molecule has 0 aliphatic rings. The number of hydrogen-bond acceptors (Lipinski definition) is 4. The van der Waals surface area contributed by atoms with Crippen molar-refractivity contribution in [1.29, 1.82) is 0 Å². The lowest BCUT2D eigenvalue weighted by atomic mass is 9.80. The van der Waals surface area contributed by atoms with E-state index < -0.39 is 7.12 Å². The van der Waals surface area contributed by atoms with Crippen molar-refractivity contribution in [2.24, 2.45) is 0 Å². The lowest BCUT2D eigenvalue weighted by Gasteiger charge is -2.14. The highest BCUT2D eigenvalue weighted by Gasteiger charge is 2.15. The van der Waals surface area contributed by atoms with E-state index in [9.17, 15) is 10.0 Å². The third-order valence-corrected chi connectivity index (χ3v) is 4.78. The molecule has 0 bridgehead atoms. The minimum Gasteiger partial charge on any atom is -0.490 e. The topological polar surface area (TPSA) is 58.9 Å². The molecule has 0 fully saturated rings. The fourth-order valence-electron chi connectivity index (χ4n) is 3.05. The van der Waals surface area contributed by atoms with E-state index in [1.165, 1.54) is 57.8 Å². The molecular weight excluding hydrogens is 339 g/mol. The predicted octanol–water partition coefficient (Wildman–Crippen LogP) is 4.85. The highest BCUT2D eigenvalue weighted by atomic mass is 16.5. The lowest BCUT2D eigenvalue weighted by Crippen LogP contribution is -2.29. The molecule has 1 aromatic carbocycles. The minimum absolute atomic E-state index is 0.430. The maximum atomic E-state index is 9.41.